The van der Waals surface area contributed by atoms with Crippen molar-refractivity contribution >= 4 is 40.3 Å². The van der Waals surface area contributed by atoms with E-state index >= 15 is 0 Å². The molecule has 2 rings (SSSR count). The van der Waals surface area contributed by atoms with Gasteiger partial charge in [0.25, 0.3) is 5.91 Å². The summed E-state index contributed by atoms with van der Waals surface area (Å²) in [4.78, 5) is 14.2. The molecule has 1 aromatic carbocycles. The van der Waals surface area contributed by atoms with E-state index in [1.165, 1.54) is 16.7 Å². The Morgan fingerprint density at radius 2 is 2.09 bits per heavy atom. The zero-order valence-corrected chi connectivity index (χ0v) is 15.4. The molecule has 0 radical (unpaired) electrons. The monoisotopic (exact) mass is 351 g/mol. The lowest BCUT2D eigenvalue weighted by atomic mass is 10.1. The number of thioether (sulfide) groups is 1. The minimum Gasteiger partial charge on any atom is -0.490 e. The summed E-state index contributed by atoms with van der Waals surface area (Å²) in [7, 11) is 1.69. The molecule has 1 heterocycles. The number of carbonyl (C=O) groups excluding carboxylic acids is 1. The number of hydrogen-bond donors (Lipinski definition) is 0. The SMILES string of the molecule is CCOc1cc(/C=C2\SC(=S)N(C)C2=O)ccc1O[C@H](C)CC. The molecule has 6 heteroatoms. The number of likely N-dealkylation sites (N-methyl/N-ethyl adjacent to an activating group) is 1. The van der Waals surface area contributed by atoms with Gasteiger partial charge in [-0.1, -0.05) is 37.0 Å². The normalized spacial score (nSPS) is 17.7. The molecule has 0 N–H and O–H groups in total. The molecule has 124 valence electrons. The van der Waals surface area contributed by atoms with E-state index in [1.54, 1.807) is 7.05 Å². The molecule has 0 spiro atoms. The van der Waals surface area contributed by atoms with Gasteiger partial charge >= 0.3 is 0 Å². The molecule has 1 aliphatic heterocycles. The molecule has 1 amide bonds. The van der Waals surface area contributed by atoms with Crippen molar-refractivity contribution in [2.45, 2.75) is 33.3 Å². The van der Waals surface area contributed by atoms with Crippen molar-refractivity contribution < 1.29 is 14.3 Å². The Hall–Kier alpha value is -1.53. The summed E-state index contributed by atoms with van der Waals surface area (Å²) < 4.78 is 12.1. The predicted octanol–water partition coefficient (Wildman–Crippen LogP) is 4.09. The molecule has 0 aliphatic carbocycles. The van der Waals surface area contributed by atoms with Gasteiger partial charge in [-0.2, -0.15) is 0 Å². The molecule has 1 saturated heterocycles. The number of carbonyl (C=O) groups is 1. The molecule has 0 aromatic heterocycles. The third-order valence-corrected chi connectivity index (χ3v) is 4.94. The second-order valence-corrected chi connectivity index (χ2v) is 6.89. The zero-order chi connectivity index (χ0) is 17.0. The number of hydrogen-bond acceptors (Lipinski definition) is 5. The third kappa shape index (κ3) is 4.26. The maximum atomic E-state index is 12.1. The fourth-order valence-electron chi connectivity index (χ4n) is 1.98. The van der Waals surface area contributed by atoms with E-state index in [9.17, 15) is 4.79 Å². The fraction of sp³-hybridized carbons (Fsp3) is 0.412. The second-order valence-electron chi connectivity index (χ2n) is 5.22. The summed E-state index contributed by atoms with van der Waals surface area (Å²) in [5, 5.41) is 0. The van der Waals surface area contributed by atoms with E-state index < -0.39 is 0 Å². The van der Waals surface area contributed by atoms with Crippen molar-refractivity contribution in [3.8, 4) is 11.5 Å². The van der Waals surface area contributed by atoms with Gasteiger partial charge < -0.3 is 9.47 Å². The minimum atomic E-state index is -0.0714. The number of amides is 1. The van der Waals surface area contributed by atoms with Gasteiger partial charge in [0, 0.05) is 7.05 Å². The van der Waals surface area contributed by atoms with Crippen molar-refractivity contribution in [3.05, 3.63) is 28.7 Å². The first-order valence-electron chi connectivity index (χ1n) is 7.61. The van der Waals surface area contributed by atoms with Gasteiger partial charge in [-0.05, 0) is 44.0 Å². The van der Waals surface area contributed by atoms with Crippen LogP contribution in [0.3, 0.4) is 0 Å². The Balaban J connectivity index is 2.29. The third-order valence-electron chi connectivity index (χ3n) is 3.45. The van der Waals surface area contributed by atoms with Gasteiger partial charge in [0.15, 0.2) is 11.5 Å². The standard InChI is InChI=1S/C17H21NO3S2/c1-5-11(3)21-13-8-7-12(9-14(13)20-6-2)10-15-16(19)18(4)17(22)23-15/h7-11H,5-6H2,1-4H3/b15-10-/t11-/m1/s1. The van der Waals surface area contributed by atoms with Crippen molar-refractivity contribution in [2.75, 3.05) is 13.7 Å². The van der Waals surface area contributed by atoms with Crippen molar-refractivity contribution in [2.24, 2.45) is 0 Å². The first-order chi connectivity index (χ1) is 11.0. The van der Waals surface area contributed by atoms with Gasteiger partial charge in [-0.15, -0.1) is 0 Å². The highest BCUT2D eigenvalue weighted by Crippen LogP contribution is 2.34. The molecule has 1 fully saturated rings. The van der Waals surface area contributed by atoms with E-state index in [4.69, 9.17) is 21.7 Å². The molecular formula is C17H21NO3S2. The van der Waals surface area contributed by atoms with Crippen LogP contribution in [0.5, 0.6) is 11.5 Å². The van der Waals surface area contributed by atoms with E-state index in [-0.39, 0.29) is 12.0 Å². The molecule has 1 aliphatic rings. The van der Waals surface area contributed by atoms with Crippen molar-refractivity contribution in [1.29, 1.82) is 0 Å². The van der Waals surface area contributed by atoms with E-state index in [0.29, 0.717) is 21.6 Å². The molecule has 23 heavy (non-hydrogen) atoms. The number of benzene rings is 1. The average Bonchev–Trinajstić information content (AvgIpc) is 2.77. The van der Waals surface area contributed by atoms with Crippen molar-refractivity contribution in [3.63, 3.8) is 0 Å². The van der Waals surface area contributed by atoms with Crippen LogP contribution in [0.1, 0.15) is 32.8 Å². The van der Waals surface area contributed by atoms with Crippen LogP contribution in [0.4, 0.5) is 0 Å². The lowest BCUT2D eigenvalue weighted by Crippen LogP contribution is -2.22. The number of ether oxygens (including phenoxy) is 2. The summed E-state index contributed by atoms with van der Waals surface area (Å²) in [5.41, 5.74) is 0.888. The van der Waals surface area contributed by atoms with Crippen LogP contribution >= 0.6 is 24.0 Å². The highest BCUT2D eigenvalue weighted by molar-refractivity contribution is 8.26. The minimum absolute atomic E-state index is 0.0714. The summed E-state index contributed by atoms with van der Waals surface area (Å²) in [6, 6.07) is 5.70. The molecular weight excluding hydrogens is 330 g/mol. The van der Waals surface area contributed by atoms with Gasteiger partial charge in [0.2, 0.25) is 0 Å². The molecule has 1 atom stereocenters. The topological polar surface area (TPSA) is 38.8 Å². The van der Waals surface area contributed by atoms with Crippen LogP contribution in [-0.2, 0) is 4.79 Å². The first kappa shape index (κ1) is 17.8. The lowest BCUT2D eigenvalue weighted by Gasteiger charge is -2.16. The summed E-state index contributed by atoms with van der Waals surface area (Å²) in [5.74, 6) is 1.34. The van der Waals surface area contributed by atoms with Gasteiger partial charge in [0.1, 0.15) is 4.32 Å². The van der Waals surface area contributed by atoms with Crippen LogP contribution in [0, 0.1) is 0 Å². The summed E-state index contributed by atoms with van der Waals surface area (Å²) in [6.45, 7) is 6.58. The summed E-state index contributed by atoms with van der Waals surface area (Å²) in [6.07, 6.45) is 2.88. The lowest BCUT2D eigenvalue weighted by molar-refractivity contribution is -0.121. The first-order valence-corrected chi connectivity index (χ1v) is 8.83. The van der Waals surface area contributed by atoms with E-state index in [2.05, 4.69) is 6.92 Å². The van der Waals surface area contributed by atoms with Gasteiger partial charge in [-0.25, -0.2) is 0 Å². The average molecular weight is 351 g/mol. The van der Waals surface area contributed by atoms with Crippen LogP contribution in [0.2, 0.25) is 0 Å². The Bertz CT molecular complexity index is 643. The Labute approximate surface area is 146 Å². The van der Waals surface area contributed by atoms with E-state index in [0.717, 1.165) is 17.7 Å². The van der Waals surface area contributed by atoms with Crippen LogP contribution in [0.15, 0.2) is 23.1 Å². The van der Waals surface area contributed by atoms with Crippen LogP contribution in [0.25, 0.3) is 6.08 Å². The largest absolute Gasteiger partial charge is 0.490 e. The highest BCUT2D eigenvalue weighted by atomic mass is 32.2. The van der Waals surface area contributed by atoms with Crippen LogP contribution < -0.4 is 9.47 Å². The smallest absolute Gasteiger partial charge is 0.265 e. The quantitative estimate of drug-likeness (QED) is 0.570. The molecule has 0 bridgehead atoms. The zero-order valence-electron chi connectivity index (χ0n) is 13.8. The van der Waals surface area contributed by atoms with Gasteiger partial charge in [-0.3, -0.25) is 9.69 Å². The fourth-order valence-corrected chi connectivity index (χ4v) is 3.16. The number of nitrogens with zero attached hydrogens (tertiary/aromatic N) is 1. The number of rotatable bonds is 6. The number of thiocarbonyl (C=S) groups is 1. The molecule has 0 saturated carbocycles. The Morgan fingerprint density at radius 3 is 2.65 bits per heavy atom. The predicted molar refractivity (Wildman–Crippen MR) is 98.9 cm³/mol. The maximum absolute atomic E-state index is 12.1. The Kier molecular flexibility index (Phi) is 6.07. The van der Waals surface area contributed by atoms with Crippen LogP contribution in [-0.4, -0.2) is 34.9 Å². The Morgan fingerprint density at radius 1 is 1.35 bits per heavy atom. The summed E-state index contributed by atoms with van der Waals surface area (Å²) >= 11 is 6.45. The molecule has 1 aromatic rings. The van der Waals surface area contributed by atoms with Gasteiger partial charge in [0.05, 0.1) is 17.6 Å². The van der Waals surface area contributed by atoms with Crippen molar-refractivity contribution in [1.82, 2.24) is 4.90 Å². The highest BCUT2D eigenvalue weighted by Gasteiger charge is 2.28. The molecule has 0 unspecified atom stereocenters. The maximum Gasteiger partial charge on any atom is 0.265 e. The molecule has 4 nitrogen and oxygen atoms in total. The van der Waals surface area contributed by atoms with E-state index in [1.807, 2.05) is 38.1 Å². The second kappa shape index (κ2) is 7.84.